The molecule has 0 aliphatic rings. The van der Waals surface area contributed by atoms with Gasteiger partial charge in [-0.1, -0.05) is 65.7 Å². The average Bonchev–Trinajstić information content (AvgIpc) is 3.49. The number of thiazole rings is 1. The summed E-state index contributed by atoms with van der Waals surface area (Å²) in [5, 5.41) is 11.4. The van der Waals surface area contributed by atoms with Crippen molar-refractivity contribution in [1.82, 2.24) is 10.3 Å². The molecule has 5 aromatic rings. The third kappa shape index (κ3) is 4.69. The fraction of sp³-hybridized carbons (Fsp3) is 0. The maximum atomic E-state index is 12.6. The van der Waals surface area contributed by atoms with Gasteiger partial charge in [0.2, 0.25) is 0 Å². The van der Waals surface area contributed by atoms with E-state index in [1.54, 1.807) is 30.3 Å². The average molecular weight is 524 g/mol. The number of aromatic nitrogens is 1. The van der Waals surface area contributed by atoms with E-state index < -0.39 is 5.91 Å². The third-order valence-electron chi connectivity index (χ3n) is 5.04. The van der Waals surface area contributed by atoms with E-state index in [1.807, 2.05) is 29.6 Å². The molecule has 0 saturated carbocycles. The summed E-state index contributed by atoms with van der Waals surface area (Å²) in [7, 11) is 0. The Hall–Kier alpha value is -3.23. The highest BCUT2D eigenvalue weighted by Crippen LogP contribution is 2.32. The molecule has 5 rings (SSSR count). The second kappa shape index (κ2) is 9.56. The summed E-state index contributed by atoms with van der Waals surface area (Å²) < 4.78 is 5.67. The molecule has 2 aromatic heterocycles. The molecule has 0 saturated heterocycles. The minimum absolute atomic E-state index is 0.0979. The van der Waals surface area contributed by atoms with Gasteiger partial charge >= 0.3 is 0 Å². The topological polar surface area (TPSA) is 67.2 Å². The quantitative estimate of drug-likeness (QED) is 0.236. The molecule has 0 radical (unpaired) electrons. The number of furan rings is 1. The van der Waals surface area contributed by atoms with E-state index in [4.69, 9.17) is 39.8 Å². The Labute approximate surface area is 214 Å². The second-order valence-electron chi connectivity index (χ2n) is 7.26. The van der Waals surface area contributed by atoms with Crippen LogP contribution in [0.5, 0.6) is 0 Å². The van der Waals surface area contributed by atoms with Crippen molar-refractivity contribution in [2.45, 2.75) is 0 Å². The zero-order valence-electron chi connectivity index (χ0n) is 17.3. The first-order chi connectivity index (χ1) is 16.5. The monoisotopic (exact) mass is 523 g/mol. The molecule has 0 fully saturated rings. The van der Waals surface area contributed by atoms with Crippen molar-refractivity contribution in [2.24, 2.45) is 0 Å². The Morgan fingerprint density at radius 2 is 1.79 bits per heavy atom. The van der Waals surface area contributed by atoms with Crippen molar-refractivity contribution >= 4 is 73.7 Å². The lowest BCUT2D eigenvalue weighted by atomic mass is 10.0. The highest BCUT2D eigenvalue weighted by Gasteiger charge is 2.16. The summed E-state index contributed by atoms with van der Waals surface area (Å²) in [5.41, 5.74) is 2.49. The molecule has 5 nitrogen and oxygen atoms in total. The van der Waals surface area contributed by atoms with Gasteiger partial charge in [0, 0.05) is 21.5 Å². The largest absolute Gasteiger partial charge is 0.451 e. The van der Waals surface area contributed by atoms with Gasteiger partial charge in [0.15, 0.2) is 16.0 Å². The third-order valence-corrected chi connectivity index (χ3v) is 6.55. The van der Waals surface area contributed by atoms with Gasteiger partial charge in [0.1, 0.15) is 5.76 Å². The fourth-order valence-corrected chi connectivity index (χ4v) is 4.96. The highest BCUT2D eigenvalue weighted by molar-refractivity contribution is 7.80. The number of halogens is 2. The molecular formula is C25H15Cl2N3O2S2. The number of thiocarbonyl (C=S) groups is 1. The lowest BCUT2D eigenvalue weighted by Gasteiger charge is -2.06. The Bertz CT molecular complexity index is 1540. The van der Waals surface area contributed by atoms with Crippen molar-refractivity contribution in [2.75, 3.05) is 5.32 Å². The number of carbonyl (C=O) groups is 1. The van der Waals surface area contributed by atoms with Crippen LogP contribution in [-0.2, 0) is 0 Å². The first kappa shape index (κ1) is 22.6. The number of carbonyl (C=O) groups excluding carboxylic acids is 1. The second-order valence-corrected chi connectivity index (χ2v) is 9.37. The van der Waals surface area contributed by atoms with Crippen LogP contribution in [0.15, 0.2) is 82.6 Å². The molecule has 0 aliphatic carbocycles. The summed E-state index contributed by atoms with van der Waals surface area (Å²) in [6.45, 7) is 0. The van der Waals surface area contributed by atoms with Gasteiger partial charge in [0.05, 0.1) is 10.7 Å². The molecule has 1 amide bonds. The van der Waals surface area contributed by atoms with Crippen LogP contribution < -0.4 is 10.6 Å². The van der Waals surface area contributed by atoms with Gasteiger partial charge in [-0.25, -0.2) is 4.98 Å². The van der Waals surface area contributed by atoms with E-state index in [0.717, 1.165) is 22.0 Å². The van der Waals surface area contributed by atoms with Crippen molar-refractivity contribution < 1.29 is 9.21 Å². The van der Waals surface area contributed by atoms with E-state index in [-0.39, 0.29) is 10.9 Å². The highest BCUT2D eigenvalue weighted by atomic mass is 35.5. The van der Waals surface area contributed by atoms with Crippen LogP contribution >= 0.6 is 46.8 Å². The number of rotatable bonds is 4. The number of nitrogens with one attached hydrogen (secondary N) is 2. The van der Waals surface area contributed by atoms with Crippen LogP contribution in [0.25, 0.3) is 33.4 Å². The Balaban J connectivity index is 1.27. The summed E-state index contributed by atoms with van der Waals surface area (Å²) >= 11 is 18.9. The maximum absolute atomic E-state index is 12.6. The molecule has 0 atom stereocenters. The van der Waals surface area contributed by atoms with Crippen LogP contribution in [0.4, 0.5) is 5.13 Å². The Morgan fingerprint density at radius 3 is 2.65 bits per heavy atom. The van der Waals surface area contributed by atoms with Gasteiger partial charge in [-0.2, -0.15) is 0 Å². The van der Waals surface area contributed by atoms with E-state index in [2.05, 4.69) is 33.8 Å². The zero-order chi connectivity index (χ0) is 23.7. The van der Waals surface area contributed by atoms with Gasteiger partial charge in [-0.15, -0.1) is 11.3 Å². The minimum atomic E-state index is -0.486. The van der Waals surface area contributed by atoms with Crippen molar-refractivity contribution in [3.05, 3.63) is 94.0 Å². The minimum Gasteiger partial charge on any atom is -0.451 e. The first-order valence-corrected chi connectivity index (χ1v) is 12.1. The Morgan fingerprint density at radius 1 is 0.971 bits per heavy atom. The van der Waals surface area contributed by atoms with E-state index in [1.165, 1.54) is 11.3 Å². The molecule has 168 valence electrons. The molecule has 0 spiro atoms. The summed E-state index contributed by atoms with van der Waals surface area (Å²) in [5.74, 6) is 0.0609. The van der Waals surface area contributed by atoms with Crippen LogP contribution in [0.2, 0.25) is 10.0 Å². The summed E-state index contributed by atoms with van der Waals surface area (Å²) in [6, 6.07) is 22.5. The van der Waals surface area contributed by atoms with Crippen molar-refractivity contribution in [3.8, 4) is 22.6 Å². The first-order valence-electron chi connectivity index (χ1n) is 10.1. The molecular weight excluding hydrogens is 509 g/mol. The van der Waals surface area contributed by atoms with E-state index in [9.17, 15) is 4.79 Å². The number of hydrogen-bond donors (Lipinski definition) is 2. The van der Waals surface area contributed by atoms with Crippen LogP contribution in [0, 0.1) is 0 Å². The van der Waals surface area contributed by atoms with Crippen LogP contribution in [0.1, 0.15) is 10.6 Å². The van der Waals surface area contributed by atoms with Gasteiger partial charge in [0.25, 0.3) is 5.91 Å². The number of fused-ring (bicyclic) bond motifs is 1. The molecule has 34 heavy (non-hydrogen) atoms. The molecule has 2 heterocycles. The SMILES string of the molecule is O=C(NC(=S)Nc1nc(-c2cccc3ccccc23)cs1)c1ccc(-c2ccc(Cl)cc2Cl)o1. The lowest BCUT2D eigenvalue weighted by Crippen LogP contribution is -2.33. The standard InChI is InChI=1S/C25H15Cl2N3O2S2/c26-15-8-9-18(19(27)12-15)21-10-11-22(32-21)23(31)29-24(33)30-25-28-20(13-34-25)17-7-3-5-14-4-1-2-6-16(14)17/h1-13H,(H2,28,29,30,31,33). The van der Waals surface area contributed by atoms with Crippen molar-refractivity contribution in [1.29, 1.82) is 0 Å². The maximum Gasteiger partial charge on any atom is 0.293 e. The van der Waals surface area contributed by atoms with Crippen LogP contribution in [-0.4, -0.2) is 16.0 Å². The molecule has 9 heteroatoms. The normalized spacial score (nSPS) is 10.9. The Kier molecular flexibility index (Phi) is 6.34. The van der Waals surface area contributed by atoms with Gasteiger partial charge in [-0.05, 0) is 53.3 Å². The summed E-state index contributed by atoms with van der Waals surface area (Å²) in [4.78, 5) is 17.2. The smallest absolute Gasteiger partial charge is 0.293 e. The number of benzene rings is 3. The van der Waals surface area contributed by atoms with Crippen molar-refractivity contribution in [3.63, 3.8) is 0 Å². The van der Waals surface area contributed by atoms with E-state index >= 15 is 0 Å². The van der Waals surface area contributed by atoms with Gasteiger partial charge in [-0.3, -0.25) is 10.1 Å². The van der Waals surface area contributed by atoms with Gasteiger partial charge < -0.3 is 9.73 Å². The molecule has 0 bridgehead atoms. The molecule has 2 N–H and O–H groups in total. The zero-order valence-corrected chi connectivity index (χ0v) is 20.5. The fourth-order valence-electron chi connectivity index (χ4n) is 3.49. The molecule has 3 aromatic carbocycles. The molecule has 0 aliphatic heterocycles. The number of amides is 1. The number of hydrogen-bond acceptors (Lipinski definition) is 5. The lowest BCUT2D eigenvalue weighted by molar-refractivity contribution is 0.0951. The van der Waals surface area contributed by atoms with E-state index in [0.29, 0.717) is 26.5 Å². The predicted molar refractivity (Wildman–Crippen MR) is 143 cm³/mol. The molecule has 0 unspecified atom stereocenters. The summed E-state index contributed by atoms with van der Waals surface area (Å²) in [6.07, 6.45) is 0. The number of nitrogens with zero attached hydrogens (tertiary/aromatic N) is 1. The predicted octanol–water partition coefficient (Wildman–Crippen LogP) is 7.66. The number of anilines is 1. The van der Waals surface area contributed by atoms with Crippen LogP contribution in [0.3, 0.4) is 0 Å².